The monoisotopic (exact) mass is 337 g/mol. The van der Waals surface area contributed by atoms with Gasteiger partial charge in [-0.3, -0.25) is 9.36 Å². The largest absolute Gasteiger partial charge is 0.494 e. The molecule has 0 amide bonds. The molecule has 0 saturated heterocycles. The summed E-state index contributed by atoms with van der Waals surface area (Å²) >= 11 is 6.27. The third-order valence-corrected chi connectivity index (χ3v) is 3.46. The fourth-order valence-electron chi connectivity index (χ4n) is 2.18. The standard InChI is InChI=1S/C15H16ClN3O4/c1-4-23-9-5-8(2)12(10(16)6-9)19-7-18-13(17)11(14(19)20)15(21)22-3/h5-7H,4,17H2,1-3H3. The van der Waals surface area contributed by atoms with Gasteiger partial charge in [0.05, 0.1) is 24.4 Å². The second-order valence-electron chi connectivity index (χ2n) is 4.68. The fraction of sp³-hybridized carbons (Fsp3) is 0.267. The zero-order valence-corrected chi connectivity index (χ0v) is 13.7. The average Bonchev–Trinajstić information content (AvgIpc) is 2.49. The minimum atomic E-state index is -0.853. The Bertz CT molecular complexity index is 794. The lowest BCUT2D eigenvalue weighted by Crippen LogP contribution is -2.28. The number of rotatable bonds is 4. The lowest BCUT2D eigenvalue weighted by Gasteiger charge is -2.14. The van der Waals surface area contributed by atoms with E-state index in [1.165, 1.54) is 6.33 Å². The van der Waals surface area contributed by atoms with E-state index in [4.69, 9.17) is 22.1 Å². The van der Waals surface area contributed by atoms with Crippen molar-refractivity contribution in [1.82, 2.24) is 9.55 Å². The summed E-state index contributed by atoms with van der Waals surface area (Å²) < 4.78 is 11.1. The van der Waals surface area contributed by atoms with E-state index < -0.39 is 11.5 Å². The molecule has 2 aromatic rings. The van der Waals surface area contributed by atoms with Gasteiger partial charge >= 0.3 is 5.97 Å². The number of aryl methyl sites for hydroxylation is 1. The highest BCUT2D eigenvalue weighted by Crippen LogP contribution is 2.29. The molecule has 122 valence electrons. The van der Waals surface area contributed by atoms with Crippen LogP contribution in [0, 0.1) is 6.92 Å². The number of methoxy groups -OCH3 is 1. The van der Waals surface area contributed by atoms with Gasteiger partial charge in [-0.2, -0.15) is 0 Å². The highest BCUT2D eigenvalue weighted by Gasteiger charge is 2.21. The number of nitrogen functional groups attached to an aromatic ring is 1. The lowest BCUT2D eigenvalue weighted by molar-refractivity contribution is 0.0599. The van der Waals surface area contributed by atoms with Crippen LogP contribution in [0.25, 0.3) is 5.69 Å². The molecule has 7 nitrogen and oxygen atoms in total. The molecule has 2 N–H and O–H groups in total. The van der Waals surface area contributed by atoms with Crippen LogP contribution in [0.1, 0.15) is 22.8 Å². The Hall–Kier alpha value is -2.54. The smallest absolute Gasteiger partial charge is 0.347 e. The molecule has 8 heteroatoms. The summed E-state index contributed by atoms with van der Waals surface area (Å²) in [5.41, 5.74) is 5.70. The Morgan fingerprint density at radius 1 is 1.43 bits per heavy atom. The van der Waals surface area contributed by atoms with Crippen molar-refractivity contribution < 1.29 is 14.3 Å². The van der Waals surface area contributed by atoms with E-state index in [-0.39, 0.29) is 16.4 Å². The van der Waals surface area contributed by atoms with Gasteiger partial charge in [0.2, 0.25) is 0 Å². The first-order valence-electron chi connectivity index (χ1n) is 6.79. The van der Waals surface area contributed by atoms with Gasteiger partial charge in [0.25, 0.3) is 5.56 Å². The van der Waals surface area contributed by atoms with Gasteiger partial charge in [0.15, 0.2) is 5.56 Å². The molecule has 23 heavy (non-hydrogen) atoms. The molecule has 0 radical (unpaired) electrons. The Morgan fingerprint density at radius 2 is 2.13 bits per heavy atom. The molecule has 2 rings (SSSR count). The van der Waals surface area contributed by atoms with E-state index in [1.54, 1.807) is 19.1 Å². The number of carbonyl (C=O) groups is 1. The van der Waals surface area contributed by atoms with E-state index in [2.05, 4.69) is 9.72 Å². The van der Waals surface area contributed by atoms with Crippen molar-refractivity contribution in [3.8, 4) is 11.4 Å². The molecule has 0 bridgehead atoms. The number of hydrogen-bond acceptors (Lipinski definition) is 6. The summed E-state index contributed by atoms with van der Waals surface area (Å²) in [6, 6.07) is 3.33. The summed E-state index contributed by atoms with van der Waals surface area (Å²) in [5.74, 6) is -0.463. The van der Waals surface area contributed by atoms with Crippen molar-refractivity contribution in [2.24, 2.45) is 0 Å². The van der Waals surface area contributed by atoms with Gasteiger partial charge < -0.3 is 15.2 Å². The van der Waals surface area contributed by atoms with Crippen molar-refractivity contribution in [2.75, 3.05) is 19.5 Å². The van der Waals surface area contributed by atoms with Crippen molar-refractivity contribution in [3.63, 3.8) is 0 Å². The number of nitrogens with two attached hydrogens (primary N) is 1. The van der Waals surface area contributed by atoms with Crippen LogP contribution in [-0.4, -0.2) is 29.2 Å². The number of ether oxygens (including phenoxy) is 2. The highest BCUT2D eigenvalue weighted by atomic mass is 35.5. The van der Waals surface area contributed by atoms with Crippen LogP contribution < -0.4 is 16.0 Å². The minimum Gasteiger partial charge on any atom is -0.494 e. The quantitative estimate of drug-likeness (QED) is 0.857. The predicted octanol–water partition coefficient (Wildman–Crippen LogP) is 1.96. The Balaban J connectivity index is 2.69. The number of halogens is 1. The van der Waals surface area contributed by atoms with Gasteiger partial charge in [-0.25, -0.2) is 9.78 Å². The lowest BCUT2D eigenvalue weighted by atomic mass is 10.1. The molecule has 0 aliphatic carbocycles. The molecule has 1 aromatic carbocycles. The van der Waals surface area contributed by atoms with Crippen LogP contribution in [0.4, 0.5) is 5.82 Å². The third kappa shape index (κ3) is 3.14. The maximum absolute atomic E-state index is 12.6. The first-order valence-corrected chi connectivity index (χ1v) is 7.17. The SMILES string of the molecule is CCOc1cc(C)c(-n2cnc(N)c(C(=O)OC)c2=O)c(Cl)c1. The van der Waals surface area contributed by atoms with Crippen LogP contribution in [0.5, 0.6) is 5.75 Å². The van der Waals surface area contributed by atoms with Gasteiger partial charge in [0.1, 0.15) is 17.9 Å². The molecule has 0 spiro atoms. The first kappa shape index (κ1) is 16.8. The Kier molecular flexibility index (Phi) is 4.90. The average molecular weight is 338 g/mol. The number of hydrogen-bond donors (Lipinski definition) is 1. The number of nitrogens with zero attached hydrogens (tertiary/aromatic N) is 2. The Morgan fingerprint density at radius 3 is 2.70 bits per heavy atom. The molecular formula is C15H16ClN3O4. The number of carbonyl (C=O) groups excluding carboxylic acids is 1. The summed E-state index contributed by atoms with van der Waals surface area (Å²) in [6.07, 6.45) is 1.22. The molecular weight excluding hydrogens is 322 g/mol. The molecule has 0 aliphatic rings. The number of aromatic nitrogens is 2. The van der Waals surface area contributed by atoms with Crippen LogP contribution >= 0.6 is 11.6 Å². The normalized spacial score (nSPS) is 10.4. The van der Waals surface area contributed by atoms with E-state index in [0.717, 1.165) is 11.7 Å². The molecule has 1 heterocycles. The molecule has 1 aromatic heterocycles. The summed E-state index contributed by atoms with van der Waals surface area (Å²) in [5, 5.41) is 0.290. The van der Waals surface area contributed by atoms with Crippen molar-refractivity contribution in [3.05, 3.63) is 45.0 Å². The maximum atomic E-state index is 12.6. The van der Waals surface area contributed by atoms with E-state index in [0.29, 0.717) is 23.6 Å². The van der Waals surface area contributed by atoms with E-state index >= 15 is 0 Å². The third-order valence-electron chi connectivity index (χ3n) is 3.17. The first-order chi connectivity index (χ1) is 10.9. The minimum absolute atomic E-state index is 0.196. The fourth-order valence-corrected chi connectivity index (χ4v) is 2.53. The summed E-state index contributed by atoms with van der Waals surface area (Å²) in [7, 11) is 1.16. The zero-order valence-electron chi connectivity index (χ0n) is 12.9. The highest BCUT2D eigenvalue weighted by molar-refractivity contribution is 6.32. The number of benzene rings is 1. The second-order valence-corrected chi connectivity index (χ2v) is 5.08. The van der Waals surface area contributed by atoms with Crippen molar-refractivity contribution >= 4 is 23.4 Å². The van der Waals surface area contributed by atoms with Gasteiger partial charge in [-0.1, -0.05) is 11.6 Å². The summed E-state index contributed by atoms with van der Waals surface area (Å²) in [4.78, 5) is 28.2. The van der Waals surface area contributed by atoms with Crippen molar-refractivity contribution in [1.29, 1.82) is 0 Å². The summed E-state index contributed by atoms with van der Waals surface area (Å²) in [6.45, 7) is 4.11. The molecule has 0 fully saturated rings. The van der Waals surface area contributed by atoms with E-state index in [1.807, 2.05) is 6.92 Å². The predicted molar refractivity (Wildman–Crippen MR) is 86.5 cm³/mol. The van der Waals surface area contributed by atoms with Crippen LogP contribution in [0.15, 0.2) is 23.3 Å². The van der Waals surface area contributed by atoms with Gasteiger partial charge in [0, 0.05) is 6.07 Å². The topological polar surface area (TPSA) is 96.4 Å². The number of esters is 1. The van der Waals surface area contributed by atoms with E-state index in [9.17, 15) is 9.59 Å². The van der Waals surface area contributed by atoms with Gasteiger partial charge in [-0.05, 0) is 25.5 Å². The van der Waals surface area contributed by atoms with Gasteiger partial charge in [-0.15, -0.1) is 0 Å². The van der Waals surface area contributed by atoms with Crippen LogP contribution in [0.2, 0.25) is 5.02 Å². The van der Waals surface area contributed by atoms with Crippen molar-refractivity contribution in [2.45, 2.75) is 13.8 Å². The molecule has 0 unspecified atom stereocenters. The molecule has 0 aliphatic heterocycles. The zero-order chi connectivity index (χ0) is 17.1. The molecule has 0 saturated carbocycles. The maximum Gasteiger partial charge on any atom is 0.347 e. The second kappa shape index (κ2) is 6.70. The Labute approximate surface area is 137 Å². The van der Waals surface area contributed by atoms with Crippen LogP contribution in [0.3, 0.4) is 0 Å². The van der Waals surface area contributed by atoms with Crippen LogP contribution in [-0.2, 0) is 4.74 Å². The molecule has 0 atom stereocenters. The number of anilines is 1.